The molecule has 1 aromatic rings. The zero-order valence-corrected chi connectivity index (χ0v) is 13.4. The van der Waals surface area contributed by atoms with Gasteiger partial charge >= 0.3 is 0 Å². The zero-order chi connectivity index (χ0) is 14.5. The molecule has 0 radical (unpaired) electrons. The highest BCUT2D eigenvalue weighted by molar-refractivity contribution is 5.55. The summed E-state index contributed by atoms with van der Waals surface area (Å²) in [4.78, 5) is 4.92. The SMILES string of the molecule is CCNC(C)c1ccccc1N(C)C1CCN(C)CC1. The van der Waals surface area contributed by atoms with Gasteiger partial charge in [-0.25, -0.2) is 0 Å². The largest absolute Gasteiger partial charge is 0.371 e. The van der Waals surface area contributed by atoms with Crippen LogP contribution in [-0.2, 0) is 0 Å². The molecule has 1 heterocycles. The molecule has 1 unspecified atom stereocenters. The molecule has 2 rings (SSSR count). The summed E-state index contributed by atoms with van der Waals surface area (Å²) in [5, 5.41) is 3.53. The van der Waals surface area contributed by atoms with E-state index in [2.05, 4.69) is 67.3 Å². The lowest BCUT2D eigenvalue weighted by Gasteiger charge is -2.37. The predicted octanol–water partition coefficient (Wildman–Crippen LogP) is 2.89. The van der Waals surface area contributed by atoms with Gasteiger partial charge in [-0.05, 0) is 58.1 Å². The fourth-order valence-corrected chi connectivity index (χ4v) is 3.17. The number of nitrogens with one attached hydrogen (secondary N) is 1. The zero-order valence-electron chi connectivity index (χ0n) is 13.4. The van der Waals surface area contributed by atoms with Gasteiger partial charge in [0.2, 0.25) is 0 Å². The van der Waals surface area contributed by atoms with E-state index < -0.39 is 0 Å². The quantitative estimate of drug-likeness (QED) is 0.891. The van der Waals surface area contributed by atoms with Crippen LogP contribution in [-0.4, -0.2) is 44.7 Å². The molecule has 20 heavy (non-hydrogen) atoms. The van der Waals surface area contributed by atoms with Crippen molar-refractivity contribution in [2.24, 2.45) is 0 Å². The lowest BCUT2D eigenvalue weighted by atomic mass is 10.00. The molecule has 3 nitrogen and oxygen atoms in total. The molecule has 1 fully saturated rings. The number of anilines is 1. The molecule has 1 atom stereocenters. The second kappa shape index (κ2) is 7.09. The maximum absolute atomic E-state index is 3.53. The van der Waals surface area contributed by atoms with Crippen LogP contribution in [0.4, 0.5) is 5.69 Å². The third-order valence-electron chi connectivity index (χ3n) is 4.53. The summed E-state index contributed by atoms with van der Waals surface area (Å²) in [5.41, 5.74) is 2.80. The molecule has 0 spiro atoms. The van der Waals surface area contributed by atoms with Gasteiger partial charge in [-0.1, -0.05) is 25.1 Å². The van der Waals surface area contributed by atoms with Crippen LogP contribution in [0.2, 0.25) is 0 Å². The maximum atomic E-state index is 3.53. The highest BCUT2D eigenvalue weighted by Gasteiger charge is 2.23. The highest BCUT2D eigenvalue weighted by atomic mass is 15.2. The Morgan fingerprint density at radius 3 is 2.60 bits per heavy atom. The summed E-state index contributed by atoms with van der Waals surface area (Å²) in [5.74, 6) is 0. The first-order chi connectivity index (χ1) is 9.63. The van der Waals surface area contributed by atoms with Gasteiger partial charge in [0.15, 0.2) is 0 Å². The Morgan fingerprint density at radius 2 is 1.95 bits per heavy atom. The number of hydrogen-bond acceptors (Lipinski definition) is 3. The van der Waals surface area contributed by atoms with Crippen molar-refractivity contribution in [1.82, 2.24) is 10.2 Å². The molecule has 0 amide bonds. The van der Waals surface area contributed by atoms with Crippen LogP contribution in [0, 0.1) is 0 Å². The van der Waals surface area contributed by atoms with E-state index in [1.165, 1.54) is 37.2 Å². The highest BCUT2D eigenvalue weighted by Crippen LogP contribution is 2.29. The van der Waals surface area contributed by atoms with Crippen LogP contribution in [0.1, 0.15) is 38.3 Å². The molecule has 112 valence electrons. The van der Waals surface area contributed by atoms with Crippen molar-refractivity contribution < 1.29 is 0 Å². The molecular formula is C17H29N3. The minimum Gasteiger partial charge on any atom is -0.371 e. The van der Waals surface area contributed by atoms with Crippen molar-refractivity contribution in [3.63, 3.8) is 0 Å². The maximum Gasteiger partial charge on any atom is 0.0414 e. The summed E-state index contributed by atoms with van der Waals surface area (Å²) in [7, 11) is 4.48. The van der Waals surface area contributed by atoms with Gasteiger partial charge in [0, 0.05) is 24.8 Å². The van der Waals surface area contributed by atoms with Crippen LogP contribution in [0.25, 0.3) is 0 Å². The van der Waals surface area contributed by atoms with Crippen molar-refractivity contribution >= 4 is 5.69 Å². The van der Waals surface area contributed by atoms with E-state index >= 15 is 0 Å². The lowest BCUT2D eigenvalue weighted by Crippen LogP contribution is -2.42. The van der Waals surface area contributed by atoms with Gasteiger partial charge in [-0.15, -0.1) is 0 Å². The summed E-state index contributed by atoms with van der Waals surface area (Å²) >= 11 is 0. The van der Waals surface area contributed by atoms with Crippen LogP contribution >= 0.6 is 0 Å². The minimum atomic E-state index is 0.407. The second-order valence-electron chi connectivity index (χ2n) is 5.98. The number of likely N-dealkylation sites (tertiary alicyclic amines) is 1. The summed E-state index contributed by atoms with van der Waals surface area (Å²) in [6.07, 6.45) is 2.52. The molecule has 0 bridgehead atoms. The van der Waals surface area contributed by atoms with E-state index in [0.717, 1.165) is 6.54 Å². The summed E-state index contributed by atoms with van der Waals surface area (Å²) in [6, 6.07) is 9.90. The van der Waals surface area contributed by atoms with Gasteiger partial charge in [-0.2, -0.15) is 0 Å². The molecule has 0 aromatic heterocycles. The molecular weight excluding hydrogens is 246 g/mol. The molecule has 1 aliphatic heterocycles. The van der Waals surface area contributed by atoms with Crippen molar-refractivity contribution in [2.45, 2.75) is 38.8 Å². The standard InChI is InChI=1S/C17H29N3/c1-5-18-14(2)16-8-6-7-9-17(16)20(4)15-10-12-19(3)13-11-15/h6-9,14-15,18H,5,10-13H2,1-4H3. The first kappa shape index (κ1) is 15.3. The van der Waals surface area contributed by atoms with Gasteiger partial charge in [0.1, 0.15) is 0 Å². The second-order valence-corrected chi connectivity index (χ2v) is 5.98. The Kier molecular flexibility index (Phi) is 5.44. The van der Waals surface area contributed by atoms with Crippen molar-refractivity contribution in [2.75, 3.05) is 38.6 Å². The monoisotopic (exact) mass is 275 g/mol. The topological polar surface area (TPSA) is 18.5 Å². The van der Waals surface area contributed by atoms with E-state index in [1.807, 2.05) is 0 Å². The third kappa shape index (κ3) is 3.53. The van der Waals surface area contributed by atoms with Gasteiger partial charge in [0.05, 0.1) is 0 Å². The molecule has 0 saturated carbocycles. The van der Waals surface area contributed by atoms with E-state index in [-0.39, 0.29) is 0 Å². The van der Waals surface area contributed by atoms with E-state index in [4.69, 9.17) is 0 Å². The van der Waals surface area contributed by atoms with Gasteiger partial charge in [-0.3, -0.25) is 0 Å². The number of hydrogen-bond donors (Lipinski definition) is 1. The number of benzene rings is 1. The average Bonchev–Trinajstić information content (AvgIpc) is 2.47. The Labute approximate surface area is 124 Å². The van der Waals surface area contributed by atoms with Crippen molar-refractivity contribution in [3.8, 4) is 0 Å². The summed E-state index contributed by atoms with van der Waals surface area (Å²) in [6.45, 7) is 7.85. The van der Waals surface area contributed by atoms with Crippen LogP contribution in [0.5, 0.6) is 0 Å². The van der Waals surface area contributed by atoms with Crippen molar-refractivity contribution in [3.05, 3.63) is 29.8 Å². The Hall–Kier alpha value is -1.06. The Morgan fingerprint density at radius 1 is 1.30 bits per heavy atom. The third-order valence-corrected chi connectivity index (χ3v) is 4.53. The van der Waals surface area contributed by atoms with E-state index in [1.54, 1.807) is 0 Å². The fraction of sp³-hybridized carbons (Fsp3) is 0.647. The van der Waals surface area contributed by atoms with Crippen molar-refractivity contribution in [1.29, 1.82) is 0 Å². The van der Waals surface area contributed by atoms with Crippen LogP contribution in [0.15, 0.2) is 24.3 Å². The fourth-order valence-electron chi connectivity index (χ4n) is 3.17. The van der Waals surface area contributed by atoms with E-state index in [9.17, 15) is 0 Å². The smallest absolute Gasteiger partial charge is 0.0414 e. The van der Waals surface area contributed by atoms with Gasteiger partial charge in [0.25, 0.3) is 0 Å². The number of rotatable bonds is 5. The van der Waals surface area contributed by atoms with Crippen LogP contribution in [0.3, 0.4) is 0 Å². The van der Waals surface area contributed by atoms with E-state index in [0.29, 0.717) is 12.1 Å². The molecule has 1 saturated heterocycles. The van der Waals surface area contributed by atoms with Gasteiger partial charge < -0.3 is 15.1 Å². The Bertz CT molecular complexity index is 410. The minimum absolute atomic E-state index is 0.407. The number of piperidine rings is 1. The predicted molar refractivity (Wildman–Crippen MR) is 87.5 cm³/mol. The lowest BCUT2D eigenvalue weighted by molar-refractivity contribution is 0.252. The molecule has 1 aromatic carbocycles. The molecule has 3 heteroatoms. The average molecular weight is 275 g/mol. The molecule has 0 aliphatic carbocycles. The molecule has 1 aliphatic rings. The first-order valence-corrected chi connectivity index (χ1v) is 7.87. The summed E-state index contributed by atoms with van der Waals surface area (Å²) < 4.78 is 0. The number of nitrogens with zero attached hydrogens (tertiary/aromatic N) is 2. The molecule has 1 N–H and O–H groups in total. The van der Waals surface area contributed by atoms with Crippen LogP contribution < -0.4 is 10.2 Å². The Balaban J connectivity index is 2.14. The normalized spacial score (nSPS) is 19.0. The number of para-hydroxylation sites is 1. The first-order valence-electron chi connectivity index (χ1n) is 7.87.